The van der Waals surface area contributed by atoms with Gasteiger partial charge in [0.15, 0.2) is 6.29 Å². The molecule has 0 aliphatic carbocycles. The van der Waals surface area contributed by atoms with Crippen LogP contribution in [0.4, 0.5) is 0 Å². The molecule has 1 heterocycles. The van der Waals surface area contributed by atoms with Gasteiger partial charge in [-0.1, -0.05) is 22.6 Å². The summed E-state index contributed by atoms with van der Waals surface area (Å²) in [5.74, 6) is 0. The molecule has 0 N–H and O–H groups in total. The summed E-state index contributed by atoms with van der Waals surface area (Å²) in [6.07, 6.45) is 4.79. The molecule has 0 aromatic carbocycles. The van der Waals surface area contributed by atoms with Gasteiger partial charge in [-0.05, 0) is 25.7 Å². The molecule has 0 radical (unpaired) electrons. The van der Waals surface area contributed by atoms with Gasteiger partial charge in [-0.3, -0.25) is 0 Å². The lowest BCUT2D eigenvalue weighted by atomic mass is 10.2. The largest absolute Gasteiger partial charge is 0.353 e. The van der Waals surface area contributed by atoms with E-state index in [1.54, 1.807) is 0 Å². The first-order chi connectivity index (χ1) is 5.43. The number of hydrogen-bond donors (Lipinski definition) is 0. The molecule has 1 atom stereocenters. The lowest BCUT2D eigenvalue weighted by Crippen LogP contribution is -2.22. The highest BCUT2D eigenvalue weighted by Crippen LogP contribution is 2.13. The van der Waals surface area contributed by atoms with Gasteiger partial charge in [0.2, 0.25) is 0 Å². The Kier molecular flexibility index (Phi) is 5.49. The van der Waals surface area contributed by atoms with Gasteiger partial charge in [-0.15, -0.1) is 0 Å². The number of rotatable bonds is 4. The second-order valence-electron chi connectivity index (χ2n) is 2.71. The smallest absolute Gasteiger partial charge is 0.157 e. The van der Waals surface area contributed by atoms with Crippen LogP contribution in [0.15, 0.2) is 0 Å². The van der Waals surface area contributed by atoms with Crippen LogP contribution in [-0.2, 0) is 9.47 Å². The maximum absolute atomic E-state index is 5.50. The Labute approximate surface area is 81.8 Å². The van der Waals surface area contributed by atoms with Crippen molar-refractivity contribution in [3.8, 4) is 0 Å². The number of halogens is 1. The number of alkyl halides is 1. The number of ether oxygens (including phenoxy) is 2. The highest BCUT2D eigenvalue weighted by Gasteiger charge is 2.12. The maximum atomic E-state index is 5.50. The molecule has 0 aromatic heterocycles. The predicted molar refractivity (Wildman–Crippen MR) is 53.0 cm³/mol. The van der Waals surface area contributed by atoms with E-state index < -0.39 is 0 Å². The van der Waals surface area contributed by atoms with E-state index in [1.165, 1.54) is 17.3 Å². The van der Waals surface area contributed by atoms with Crippen molar-refractivity contribution >= 4 is 22.6 Å². The van der Waals surface area contributed by atoms with Crippen molar-refractivity contribution in [3.63, 3.8) is 0 Å². The van der Waals surface area contributed by atoms with Crippen LogP contribution >= 0.6 is 22.6 Å². The molecule has 66 valence electrons. The molecule has 1 aliphatic rings. The quantitative estimate of drug-likeness (QED) is 0.443. The van der Waals surface area contributed by atoms with E-state index in [4.69, 9.17) is 9.47 Å². The molecule has 2 nitrogen and oxygen atoms in total. The van der Waals surface area contributed by atoms with E-state index >= 15 is 0 Å². The Bertz CT molecular complexity index is 92.1. The summed E-state index contributed by atoms with van der Waals surface area (Å²) >= 11 is 2.36. The molecular weight excluding hydrogens is 255 g/mol. The average Bonchev–Trinajstić information content (AvgIpc) is 2.07. The molecule has 11 heavy (non-hydrogen) atoms. The Morgan fingerprint density at radius 2 is 2.36 bits per heavy atom. The summed E-state index contributed by atoms with van der Waals surface area (Å²) in [7, 11) is 0. The molecule has 0 amide bonds. The van der Waals surface area contributed by atoms with Gasteiger partial charge in [-0.25, -0.2) is 0 Å². The van der Waals surface area contributed by atoms with Crippen molar-refractivity contribution in [1.82, 2.24) is 0 Å². The molecule has 1 fully saturated rings. The van der Waals surface area contributed by atoms with Crippen molar-refractivity contribution < 1.29 is 9.47 Å². The number of hydrogen-bond acceptors (Lipinski definition) is 2. The first-order valence-electron chi connectivity index (χ1n) is 4.22. The van der Waals surface area contributed by atoms with E-state index in [1.807, 2.05) is 0 Å². The second-order valence-corrected chi connectivity index (χ2v) is 3.79. The fourth-order valence-corrected chi connectivity index (χ4v) is 1.42. The van der Waals surface area contributed by atoms with E-state index in [0.717, 1.165) is 26.1 Å². The van der Waals surface area contributed by atoms with Gasteiger partial charge in [-0.2, -0.15) is 0 Å². The van der Waals surface area contributed by atoms with Gasteiger partial charge in [0, 0.05) is 11.0 Å². The minimum atomic E-state index is 0.103. The molecule has 1 rings (SSSR count). The maximum Gasteiger partial charge on any atom is 0.157 e. The van der Waals surface area contributed by atoms with Crippen LogP contribution < -0.4 is 0 Å². The van der Waals surface area contributed by atoms with Crippen LogP contribution in [0.25, 0.3) is 0 Å². The third-order valence-electron chi connectivity index (χ3n) is 1.72. The van der Waals surface area contributed by atoms with Gasteiger partial charge < -0.3 is 9.47 Å². The molecule has 1 aliphatic heterocycles. The third-order valence-corrected chi connectivity index (χ3v) is 2.48. The summed E-state index contributed by atoms with van der Waals surface area (Å²) in [6, 6.07) is 0. The molecule has 0 unspecified atom stereocenters. The van der Waals surface area contributed by atoms with Gasteiger partial charge >= 0.3 is 0 Å². The summed E-state index contributed by atoms with van der Waals surface area (Å²) in [6.45, 7) is 1.74. The van der Waals surface area contributed by atoms with Crippen molar-refractivity contribution in [2.45, 2.75) is 32.0 Å². The topological polar surface area (TPSA) is 18.5 Å². The normalized spacial score (nSPS) is 25.4. The summed E-state index contributed by atoms with van der Waals surface area (Å²) in [5, 5.41) is 0. The zero-order valence-corrected chi connectivity index (χ0v) is 8.88. The van der Waals surface area contributed by atoms with Crippen molar-refractivity contribution in [1.29, 1.82) is 0 Å². The third kappa shape index (κ3) is 4.28. The fourth-order valence-electron chi connectivity index (χ4n) is 1.11. The van der Waals surface area contributed by atoms with Crippen molar-refractivity contribution in [3.05, 3.63) is 0 Å². The van der Waals surface area contributed by atoms with Gasteiger partial charge in [0.1, 0.15) is 0 Å². The fraction of sp³-hybridized carbons (Fsp3) is 1.00. The van der Waals surface area contributed by atoms with Crippen LogP contribution in [0.2, 0.25) is 0 Å². The lowest BCUT2D eigenvalue weighted by Gasteiger charge is -2.22. The Hall–Kier alpha value is 0.650. The highest BCUT2D eigenvalue weighted by atomic mass is 127. The predicted octanol–water partition coefficient (Wildman–Crippen LogP) is 2.35. The standard InChI is InChI=1S/C8H15IO2/c9-5-3-7-11-8-4-1-2-6-10-8/h8H,1-7H2/t8-/m1/s1. The monoisotopic (exact) mass is 270 g/mol. The van der Waals surface area contributed by atoms with E-state index in [9.17, 15) is 0 Å². The van der Waals surface area contributed by atoms with Crippen molar-refractivity contribution in [2.75, 3.05) is 17.6 Å². The lowest BCUT2D eigenvalue weighted by molar-refractivity contribution is -0.161. The minimum absolute atomic E-state index is 0.103. The second kappa shape index (κ2) is 6.20. The zero-order valence-electron chi connectivity index (χ0n) is 6.72. The van der Waals surface area contributed by atoms with Gasteiger partial charge in [0.05, 0.1) is 6.61 Å². The summed E-state index contributed by atoms with van der Waals surface area (Å²) in [5.41, 5.74) is 0. The molecule has 1 saturated heterocycles. The van der Waals surface area contributed by atoms with E-state index in [2.05, 4.69) is 22.6 Å². The van der Waals surface area contributed by atoms with Crippen LogP contribution in [-0.4, -0.2) is 23.9 Å². The van der Waals surface area contributed by atoms with E-state index in [-0.39, 0.29) is 6.29 Å². The summed E-state index contributed by atoms with van der Waals surface area (Å²) in [4.78, 5) is 0. The van der Waals surface area contributed by atoms with Crippen LogP contribution in [0.5, 0.6) is 0 Å². The van der Waals surface area contributed by atoms with Crippen LogP contribution in [0.1, 0.15) is 25.7 Å². The van der Waals surface area contributed by atoms with Crippen molar-refractivity contribution in [2.24, 2.45) is 0 Å². The zero-order chi connectivity index (χ0) is 7.94. The van der Waals surface area contributed by atoms with E-state index in [0.29, 0.717) is 0 Å². The SMILES string of the molecule is ICCCO[C@@H]1CCCCO1. The molecule has 0 aromatic rings. The first-order valence-corrected chi connectivity index (χ1v) is 5.75. The summed E-state index contributed by atoms with van der Waals surface area (Å²) < 4.78 is 12.1. The molecule has 0 bridgehead atoms. The van der Waals surface area contributed by atoms with Crippen LogP contribution in [0, 0.1) is 0 Å². The molecule has 0 saturated carbocycles. The average molecular weight is 270 g/mol. The Morgan fingerprint density at radius 3 is 3.00 bits per heavy atom. The van der Waals surface area contributed by atoms with Gasteiger partial charge in [0.25, 0.3) is 0 Å². The Morgan fingerprint density at radius 1 is 1.45 bits per heavy atom. The Balaban J connectivity index is 1.96. The molecular formula is C8H15IO2. The molecule has 0 spiro atoms. The first kappa shape index (κ1) is 9.74. The van der Waals surface area contributed by atoms with Crippen LogP contribution in [0.3, 0.4) is 0 Å². The highest BCUT2D eigenvalue weighted by molar-refractivity contribution is 14.1. The molecule has 3 heteroatoms. The minimum Gasteiger partial charge on any atom is -0.353 e.